The van der Waals surface area contributed by atoms with Crippen LogP contribution in [0.3, 0.4) is 0 Å². The summed E-state index contributed by atoms with van der Waals surface area (Å²) < 4.78 is 0. The molecule has 1 heterocycles. The molecule has 2 bridgehead atoms. The smallest absolute Gasteiger partial charge is 0.0454 e. The third kappa shape index (κ3) is 0.711. The summed E-state index contributed by atoms with van der Waals surface area (Å²) in [7, 11) is 0. The molecule has 2 atom stereocenters. The maximum Gasteiger partial charge on any atom is 0.0454 e. The molecule has 0 spiro atoms. The van der Waals surface area contributed by atoms with E-state index < -0.39 is 0 Å². The lowest BCUT2D eigenvalue weighted by Gasteiger charge is -2.11. The van der Waals surface area contributed by atoms with E-state index in [1.165, 1.54) is 12.0 Å². The first-order valence-electron chi connectivity index (χ1n) is 4.54. The molecule has 1 nitrogen and oxygen atoms in total. The average Bonchev–Trinajstić information content (AvgIpc) is 2.41. The molecule has 0 radical (unpaired) electrons. The van der Waals surface area contributed by atoms with Gasteiger partial charge in [-0.15, -0.1) is 0 Å². The highest BCUT2D eigenvalue weighted by atomic mass is 14.8. The van der Waals surface area contributed by atoms with Crippen LogP contribution in [-0.4, -0.2) is 12.8 Å². The minimum absolute atomic E-state index is 0.625. The Morgan fingerprint density at radius 3 is 2.92 bits per heavy atom. The van der Waals surface area contributed by atoms with Crippen molar-refractivity contribution in [2.45, 2.75) is 18.3 Å². The van der Waals surface area contributed by atoms with Gasteiger partial charge in [0.15, 0.2) is 0 Å². The van der Waals surface area contributed by atoms with E-state index in [0.29, 0.717) is 5.92 Å². The Morgan fingerprint density at radius 1 is 1.17 bits per heavy atom. The lowest BCUT2D eigenvalue weighted by Crippen LogP contribution is -2.04. The van der Waals surface area contributed by atoms with Gasteiger partial charge >= 0.3 is 0 Å². The van der Waals surface area contributed by atoms with Crippen LogP contribution in [0.2, 0.25) is 0 Å². The van der Waals surface area contributed by atoms with Crippen molar-refractivity contribution < 1.29 is 0 Å². The van der Waals surface area contributed by atoms with Gasteiger partial charge in [-0.25, -0.2) is 0 Å². The lowest BCUT2D eigenvalue weighted by molar-refractivity contribution is 0.647. The van der Waals surface area contributed by atoms with Crippen molar-refractivity contribution in [3.63, 3.8) is 0 Å². The van der Waals surface area contributed by atoms with Crippen LogP contribution < -0.4 is 0 Å². The molecule has 0 fully saturated rings. The average molecular weight is 157 g/mol. The molecular formula is C11H11N. The second kappa shape index (κ2) is 2.19. The second-order valence-corrected chi connectivity index (χ2v) is 3.68. The SMILES string of the molecule is C1=NCC2CC1c1ccccc12. The molecule has 3 rings (SSSR count). The molecule has 1 aliphatic heterocycles. The van der Waals surface area contributed by atoms with Crippen LogP contribution in [0, 0.1) is 0 Å². The zero-order valence-corrected chi connectivity index (χ0v) is 6.90. The fourth-order valence-electron chi connectivity index (χ4n) is 2.41. The van der Waals surface area contributed by atoms with Crippen molar-refractivity contribution in [1.82, 2.24) is 0 Å². The van der Waals surface area contributed by atoms with Crippen LogP contribution in [0.1, 0.15) is 29.4 Å². The van der Waals surface area contributed by atoms with Crippen molar-refractivity contribution in [2.24, 2.45) is 4.99 Å². The van der Waals surface area contributed by atoms with Gasteiger partial charge in [0.1, 0.15) is 0 Å². The molecule has 1 aromatic carbocycles. The van der Waals surface area contributed by atoms with E-state index in [9.17, 15) is 0 Å². The Hall–Kier alpha value is -1.11. The predicted octanol–water partition coefficient (Wildman–Crippen LogP) is 2.34. The number of hydrogen-bond acceptors (Lipinski definition) is 1. The fourth-order valence-corrected chi connectivity index (χ4v) is 2.41. The molecule has 1 aliphatic carbocycles. The molecule has 0 aromatic heterocycles. The molecule has 2 aliphatic rings. The first kappa shape index (κ1) is 6.41. The van der Waals surface area contributed by atoms with Crippen LogP contribution >= 0.6 is 0 Å². The zero-order valence-electron chi connectivity index (χ0n) is 6.90. The highest BCUT2D eigenvalue weighted by molar-refractivity contribution is 5.72. The van der Waals surface area contributed by atoms with Gasteiger partial charge in [0.05, 0.1) is 0 Å². The summed E-state index contributed by atoms with van der Waals surface area (Å²) in [6.07, 6.45) is 3.42. The van der Waals surface area contributed by atoms with E-state index in [4.69, 9.17) is 0 Å². The molecule has 1 aromatic rings. The summed E-state index contributed by atoms with van der Waals surface area (Å²) >= 11 is 0. The van der Waals surface area contributed by atoms with Gasteiger partial charge in [-0.3, -0.25) is 4.99 Å². The topological polar surface area (TPSA) is 12.4 Å². The molecule has 12 heavy (non-hydrogen) atoms. The predicted molar refractivity (Wildman–Crippen MR) is 49.9 cm³/mol. The maximum absolute atomic E-state index is 4.39. The summed E-state index contributed by atoms with van der Waals surface area (Å²) in [6, 6.07) is 8.78. The zero-order chi connectivity index (χ0) is 7.97. The van der Waals surface area contributed by atoms with Crippen LogP contribution in [0.4, 0.5) is 0 Å². The minimum Gasteiger partial charge on any atom is -0.296 e. The Balaban J connectivity index is 2.22. The Kier molecular flexibility index (Phi) is 1.17. The molecule has 0 saturated carbocycles. The van der Waals surface area contributed by atoms with Gasteiger partial charge in [-0.05, 0) is 17.5 Å². The number of aliphatic imine (C=N–C) groups is 1. The molecule has 0 N–H and O–H groups in total. The lowest BCUT2D eigenvalue weighted by atomic mass is 10.0. The quantitative estimate of drug-likeness (QED) is 0.548. The Labute approximate surface area is 72.1 Å². The molecule has 1 heteroatoms. The summed E-state index contributed by atoms with van der Waals surface area (Å²) in [4.78, 5) is 4.39. The Morgan fingerprint density at radius 2 is 2.00 bits per heavy atom. The minimum atomic E-state index is 0.625. The number of nitrogens with zero attached hydrogens (tertiary/aromatic N) is 1. The van der Waals surface area contributed by atoms with Gasteiger partial charge in [0.25, 0.3) is 0 Å². The van der Waals surface area contributed by atoms with Crippen LogP contribution in [0.15, 0.2) is 29.3 Å². The normalized spacial score (nSPS) is 30.3. The van der Waals surface area contributed by atoms with Crippen LogP contribution in [-0.2, 0) is 0 Å². The van der Waals surface area contributed by atoms with E-state index in [0.717, 1.165) is 12.5 Å². The van der Waals surface area contributed by atoms with Gasteiger partial charge < -0.3 is 0 Å². The van der Waals surface area contributed by atoms with Crippen molar-refractivity contribution in [1.29, 1.82) is 0 Å². The van der Waals surface area contributed by atoms with Gasteiger partial charge in [-0.2, -0.15) is 0 Å². The summed E-state index contributed by atoms with van der Waals surface area (Å²) in [5.74, 6) is 1.34. The fraction of sp³-hybridized carbons (Fsp3) is 0.364. The van der Waals surface area contributed by atoms with Gasteiger partial charge in [0, 0.05) is 24.6 Å². The molecule has 0 amide bonds. The molecule has 60 valence electrons. The number of rotatable bonds is 0. The summed E-state index contributed by atoms with van der Waals surface area (Å²) in [5, 5.41) is 0. The maximum atomic E-state index is 4.39. The van der Waals surface area contributed by atoms with Crippen LogP contribution in [0.5, 0.6) is 0 Å². The highest BCUT2D eigenvalue weighted by Gasteiger charge is 2.31. The van der Waals surface area contributed by atoms with Crippen molar-refractivity contribution in [2.75, 3.05) is 6.54 Å². The van der Waals surface area contributed by atoms with Crippen molar-refractivity contribution in [3.05, 3.63) is 35.4 Å². The third-order valence-corrected chi connectivity index (χ3v) is 2.98. The van der Waals surface area contributed by atoms with Gasteiger partial charge in [0.2, 0.25) is 0 Å². The summed E-state index contributed by atoms with van der Waals surface area (Å²) in [6.45, 7) is 1.01. The second-order valence-electron chi connectivity index (χ2n) is 3.68. The van der Waals surface area contributed by atoms with E-state index in [1.807, 2.05) is 0 Å². The van der Waals surface area contributed by atoms with E-state index in [1.54, 1.807) is 5.56 Å². The van der Waals surface area contributed by atoms with E-state index in [-0.39, 0.29) is 0 Å². The molecular weight excluding hydrogens is 146 g/mol. The first-order chi connectivity index (χ1) is 5.95. The number of fused-ring (bicyclic) bond motifs is 5. The largest absolute Gasteiger partial charge is 0.296 e. The molecule has 0 saturated heterocycles. The summed E-state index contributed by atoms with van der Waals surface area (Å²) in [5.41, 5.74) is 3.06. The van der Waals surface area contributed by atoms with Gasteiger partial charge in [-0.1, -0.05) is 24.3 Å². The number of hydrogen-bond donors (Lipinski definition) is 0. The highest BCUT2D eigenvalue weighted by Crippen LogP contribution is 2.42. The number of benzene rings is 1. The van der Waals surface area contributed by atoms with Crippen molar-refractivity contribution in [3.8, 4) is 0 Å². The third-order valence-electron chi connectivity index (χ3n) is 2.98. The van der Waals surface area contributed by atoms with Crippen molar-refractivity contribution >= 4 is 6.21 Å². The van der Waals surface area contributed by atoms with E-state index in [2.05, 4.69) is 35.5 Å². The van der Waals surface area contributed by atoms with E-state index >= 15 is 0 Å². The Bertz CT molecular complexity index is 341. The first-order valence-corrected chi connectivity index (χ1v) is 4.54. The van der Waals surface area contributed by atoms with Crippen LogP contribution in [0.25, 0.3) is 0 Å². The molecule has 2 unspecified atom stereocenters. The monoisotopic (exact) mass is 157 g/mol. The standard InChI is InChI=1S/C11H11N/c1-2-4-11-9-5-8(6-12-7-9)10(11)3-1/h1-4,6,8-9H,5,7H2.